The van der Waals surface area contributed by atoms with Crippen LogP contribution in [0.4, 0.5) is 0 Å². The molecule has 1 N–H and O–H groups in total. The van der Waals surface area contributed by atoms with Crippen LogP contribution < -0.4 is 0 Å². The molecule has 0 saturated carbocycles. The van der Waals surface area contributed by atoms with Gasteiger partial charge in [-0.2, -0.15) is 0 Å². The fourth-order valence-electron chi connectivity index (χ4n) is 10.7. The molecule has 0 bridgehead atoms. The highest BCUT2D eigenvalue weighted by molar-refractivity contribution is 6.84. The average molecular weight is 1220 g/mol. The van der Waals surface area contributed by atoms with Crippen molar-refractivity contribution in [1.82, 2.24) is 0 Å². The quantitative estimate of drug-likeness (QED) is 0.0350. The smallest absolute Gasteiger partial charge is 0.338 e. The van der Waals surface area contributed by atoms with Gasteiger partial charge in [-0.05, 0) is 46.4 Å². The van der Waals surface area contributed by atoms with Crippen molar-refractivity contribution in [1.29, 1.82) is 0 Å². The lowest BCUT2D eigenvalue weighted by Gasteiger charge is -2.51. The van der Waals surface area contributed by atoms with E-state index in [1.165, 1.54) is 54.4 Å². The number of benzene rings is 2. The van der Waals surface area contributed by atoms with Gasteiger partial charge in [-0.25, -0.2) is 9.59 Å². The highest BCUT2D eigenvalue weighted by atomic mass is 28.5. The van der Waals surface area contributed by atoms with E-state index in [1.807, 2.05) is 27.7 Å². The van der Waals surface area contributed by atoms with E-state index in [0.717, 1.165) is 0 Å². The van der Waals surface area contributed by atoms with E-state index >= 15 is 0 Å². The van der Waals surface area contributed by atoms with Gasteiger partial charge in [0.15, 0.2) is 24.8 Å². The maximum absolute atomic E-state index is 14.7. The third kappa shape index (κ3) is 16.6. The van der Waals surface area contributed by atoms with E-state index in [-0.39, 0.29) is 66.9 Å². The molecule has 0 unspecified atom stereocenters. The SMILES string of the molecule is COCOC[C@H]1O[C@@H](O[C@H]2[C@@H](O[C@]3(COC(C)=O)O[C@@H]4CO[Si](C(C)C)(C(C)C)O[Si](C(C)C)(C(C)C)O[C@H]4[C@@H]3OC(=O)c3ccccc3)O[C@H](COC(C)=O)[C@@H](OC(=O)c3ccccc3)[C@@H]2OCOC)[C@H](O)[C@@H](OCOC)[C@@H]1OCOC. The topological polar surface area (TPSA) is 273 Å². The standard InChI is InChI=1S/C56H86O25Si2/c1-33(2)82(34(3)4)72-27-43-47(80-83(81-82,35(5)6)36(7)8)51(77-53(61)40-23-19-16-20-24-40)56(78-43,28-68-38(10)58)79-55-50(76-54-44(59)48(70-31-64-13)45(69-30-63-12)41(73-54)25-66-29-62-11)49(71-32-65-14)46(42(74-55)26-67-37(9)57)75-52(60)39-21-17-15-18-22-39/h15-24,33-36,41-51,54-55,59H,25-32H2,1-14H3/t41-,42-,43-,44-,45-,46-,47-,48-,49+,50-,51+,54+,55-,56+/m1/s1. The summed E-state index contributed by atoms with van der Waals surface area (Å²) in [4.78, 5) is 55.0. The number of esters is 4. The summed E-state index contributed by atoms with van der Waals surface area (Å²) in [5.41, 5.74) is -0.400. The number of carbonyl (C=O) groups is 4. The molecule has 25 nitrogen and oxygen atoms in total. The van der Waals surface area contributed by atoms with Gasteiger partial charge in [0, 0.05) is 42.3 Å². The fourth-order valence-corrected chi connectivity index (χ4v) is 21.9. The molecule has 4 fully saturated rings. The van der Waals surface area contributed by atoms with Crippen molar-refractivity contribution in [3.8, 4) is 0 Å². The summed E-state index contributed by atoms with van der Waals surface area (Å²) in [6, 6.07) is 16.2. The molecule has 2 aromatic carbocycles. The molecular formula is C56H86O25Si2. The summed E-state index contributed by atoms with van der Waals surface area (Å²) in [7, 11) is -1.30. The second-order valence-electron chi connectivity index (χ2n) is 21.7. The normalized spacial score (nSPS) is 30.6. The second kappa shape index (κ2) is 31.6. The molecule has 14 atom stereocenters. The van der Waals surface area contributed by atoms with Crippen LogP contribution in [0.5, 0.6) is 0 Å². The molecule has 6 rings (SSSR count). The molecule has 4 aliphatic heterocycles. The summed E-state index contributed by atoms with van der Waals surface area (Å²) in [6.45, 7) is 15.6. The van der Waals surface area contributed by atoms with Crippen LogP contribution >= 0.6 is 0 Å². The Balaban J connectivity index is 1.61. The van der Waals surface area contributed by atoms with Gasteiger partial charge in [0.05, 0.1) is 24.3 Å². The second-order valence-corrected chi connectivity index (χ2v) is 30.6. The zero-order valence-electron chi connectivity index (χ0n) is 50.0. The predicted octanol–water partition coefficient (Wildman–Crippen LogP) is 5.42. The van der Waals surface area contributed by atoms with Gasteiger partial charge in [0.25, 0.3) is 0 Å². The third-order valence-electron chi connectivity index (χ3n) is 14.6. The molecule has 4 aliphatic rings. The van der Waals surface area contributed by atoms with Crippen LogP contribution in [0, 0.1) is 0 Å². The van der Waals surface area contributed by atoms with Crippen LogP contribution in [0.3, 0.4) is 0 Å². The van der Waals surface area contributed by atoms with E-state index in [2.05, 4.69) is 27.7 Å². The Kier molecular flexibility index (Phi) is 26.0. The first-order chi connectivity index (χ1) is 39.6. The summed E-state index contributed by atoms with van der Waals surface area (Å²) in [6.07, 6.45) is -19.5. The van der Waals surface area contributed by atoms with Crippen molar-refractivity contribution in [3.05, 3.63) is 71.8 Å². The maximum Gasteiger partial charge on any atom is 0.338 e. The lowest BCUT2D eigenvalue weighted by atomic mass is 9.96. The molecule has 0 aliphatic carbocycles. The van der Waals surface area contributed by atoms with Gasteiger partial charge >= 0.3 is 41.0 Å². The first-order valence-corrected chi connectivity index (χ1v) is 31.8. The number of carbonyl (C=O) groups excluding carboxylic acids is 4. The highest BCUT2D eigenvalue weighted by Crippen LogP contribution is 2.51. The van der Waals surface area contributed by atoms with Crippen LogP contribution in [0.25, 0.3) is 0 Å². The van der Waals surface area contributed by atoms with Gasteiger partial charge in [-0.15, -0.1) is 0 Å². The molecule has 468 valence electrons. The van der Waals surface area contributed by atoms with Crippen molar-refractivity contribution in [2.75, 3.05) is 82.0 Å². The molecule has 2 aromatic rings. The van der Waals surface area contributed by atoms with E-state index < -0.39 is 147 Å². The zero-order valence-corrected chi connectivity index (χ0v) is 52.0. The molecule has 0 spiro atoms. The minimum absolute atomic E-state index is 0.0948. The van der Waals surface area contributed by atoms with E-state index in [0.29, 0.717) is 0 Å². The molecular weight excluding hydrogens is 1130 g/mol. The maximum atomic E-state index is 14.7. The number of fused-ring (bicyclic) bond motifs is 1. The Bertz CT molecular complexity index is 2300. The largest absolute Gasteiger partial charge is 0.463 e. The molecule has 27 heteroatoms. The molecule has 0 amide bonds. The molecule has 83 heavy (non-hydrogen) atoms. The van der Waals surface area contributed by atoms with Gasteiger partial charge < -0.3 is 98.6 Å². The average Bonchev–Trinajstić information content (AvgIpc) is 3.38. The van der Waals surface area contributed by atoms with Crippen molar-refractivity contribution in [3.63, 3.8) is 0 Å². The third-order valence-corrected chi connectivity index (χ3v) is 24.9. The van der Waals surface area contributed by atoms with Crippen LogP contribution in [-0.2, 0) is 103 Å². The zero-order chi connectivity index (χ0) is 60.6. The van der Waals surface area contributed by atoms with Crippen molar-refractivity contribution >= 4 is 41.0 Å². The van der Waals surface area contributed by atoms with Crippen LogP contribution in [0.1, 0.15) is 90.0 Å². The molecule has 0 radical (unpaired) electrons. The minimum Gasteiger partial charge on any atom is -0.463 e. The Morgan fingerprint density at radius 1 is 0.602 bits per heavy atom. The van der Waals surface area contributed by atoms with Gasteiger partial charge in [0.2, 0.25) is 5.79 Å². The van der Waals surface area contributed by atoms with Gasteiger partial charge in [-0.3, -0.25) is 9.59 Å². The lowest BCUT2D eigenvalue weighted by molar-refractivity contribution is -0.414. The Labute approximate surface area is 487 Å². The molecule has 4 saturated heterocycles. The predicted molar refractivity (Wildman–Crippen MR) is 293 cm³/mol. The van der Waals surface area contributed by atoms with Gasteiger partial charge in [0.1, 0.15) is 95.3 Å². The lowest BCUT2D eigenvalue weighted by Crippen LogP contribution is -2.68. The van der Waals surface area contributed by atoms with Crippen molar-refractivity contribution < 1.29 is 118 Å². The minimum atomic E-state index is -3.60. The van der Waals surface area contributed by atoms with E-state index in [4.69, 9.17) is 93.5 Å². The number of hydrogen-bond acceptors (Lipinski definition) is 25. The van der Waals surface area contributed by atoms with E-state index in [1.54, 1.807) is 48.5 Å². The first kappa shape index (κ1) is 68.2. The molecule has 4 heterocycles. The fraction of sp³-hybridized carbons (Fsp3) is 0.714. The summed E-state index contributed by atoms with van der Waals surface area (Å²) in [5.74, 6) is -5.67. The van der Waals surface area contributed by atoms with Crippen LogP contribution in [0.15, 0.2) is 60.7 Å². The number of ether oxygens (including phenoxy) is 17. The number of aliphatic hydroxyl groups excluding tert-OH is 1. The number of rotatable bonds is 29. The van der Waals surface area contributed by atoms with E-state index in [9.17, 15) is 24.3 Å². The Morgan fingerprint density at radius 2 is 1.11 bits per heavy atom. The highest BCUT2D eigenvalue weighted by Gasteiger charge is 2.69. The summed E-state index contributed by atoms with van der Waals surface area (Å²) in [5, 5.41) is 12.5. The van der Waals surface area contributed by atoms with Crippen molar-refractivity contribution in [2.45, 2.75) is 177 Å². The Morgan fingerprint density at radius 3 is 1.64 bits per heavy atom. The number of hydrogen-bond donors (Lipinski definition) is 1. The molecule has 0 aromatic heterocycles. The van der Waals surface area contributed by atoms with Crippen LogP contribution in [0.2, 0.25) is 22.2 Å². The van der Waals surface area contributed by atoms with Crippen molar-refractivity contribution in [2.24, 2.45) is 0 Å². The summed E-state index contributed by atoms with van der Waals surface area (Å²) >= 11 is 0. The Hall–Kier alpha value is -3.93. The van der Waals surface area contributed by atoms with Crippen LogP contribution in [-0.4, -0.2) is 214 Å². The number of methoxy groups -OCH3 is 4. The monoisotopic (exact) mass is 1210 g/mol. The number of aliphatic hydroxyl groups is 1. The van der Waals surface area contributed by atoms with Gasteiger partial charge in [-0.1, -0.05) is 91.8 Å². The first-order valence-electron chi connectivity index (χ1n) is 27.8. The summed E-state index contributed by atoms with van der Waals surface area (Å²) < 4.78 is 127.